The van der Waals surface area contributed by atoms with E-state index in [-0.39, 0.29) is 0 Å². The van der Waals surface area contributed by atoms with Crippen LogP contribution in [-0.2, 0) is 0 Å². The summed E-state index contributed by atoms with van der Waals surface area (Å²) in [5.41, 5.74) is -0.703. The van der Waals surface area contributed by atoms with Gasteiger partial charge in [-0.2, -0.15) is 39.5 Å². The zero-order valence-corrected chi connectivity index (χ0v) is 13.5. The van der Waals surface area contributed by atoms with E-state index < -0.39 is 35.3 Å². The molecule has 1 aromatic carbocycles. The normalized spacial score (nSPS) is 13.7. The molecule has 148 valence electrons. The molecule has 0 saturated heterocycles. The molecule has 0 N–H and O–H groups in total. The first-order chi connectivity index (χ1) is 11.6. The van der Waals surface area contributed by atoms with Crippen LogP contribution in [-0.4, -0.2) is 42.8 Å². The Kier molecular flexibility index (Phi) is 5.94. The molecule has 0 aliphatic carbocycles. The van der Waals surface area contributed by atoms with E-state index in [1.54, 1.807) is 18.7 Å². The quantitative estimate of drug-likeness (QED) is 0.468. The standard InChI is InChI=1S/C15H14F9NO/c1-3-25(4-2)10-7-5-9(6-8-10)11(26)12(16,17)13(18,19)14(20,21)15(22,23)24/h5-8H,3-4H2,1-2H3. The van der Waals surface area contributed by atoms with Gasteiger partial charge >= 0.3 is 23.9 Å². The summed E-state index contributed by atoms with van der Waals surface area (Å²) in [7, 11) is 0. The molecule has 0 spiro atoms. The van der Waals surface area contributed by atoms with Crippen molar-refractivity contribution in [3.05, 3.63) is 29.8 Å². The van der Waals surface area contributed by atoms with E-state index in [9.17, 15) is 44.3 Å². The van der Waals surface area contributed by atoms with Gasteiger partial charge in [-0.05, 0) is 38.1 Å². The van der Waals surface area contributed by atoms with Gasteiger partial charge in [-0.25, -0.2) is 0 Å². The maximum atomic E-state index is 13.6. The lowest BCUT2D eigenvalue weighted by atomic mass is 9.95. The number of hydrogen-bond donors (Lipinski definition) is 0. The highest BCUT2D eigenvalue weighted by atomic mass is 19.4. The minimum atomic E-state index is -7.10. The number of carbonyl (C=O) groups is 1. The van der Waals surface area contributed by atoms with Gasteiger partial charge in [0.2, 0.25) is 5.78 Å². The summed E-state index contributed by atoms with van der Waals surface area (Å²) in [6.07, 6.45) is -6.97. The fraction of sp³-hybridized carbons (Fsp3) is 0.533. The van der Waals surface area contributed by atoms with Crippen molar-refractivity contribution >= 4 is 11.5 Å². The predicted molar refractivity (Wildman–Crippen MR) is 75.2 cm³/mol. The number of nitrogens with zero attached hydrogens (tertiary/aromatic N) is 1. The number of halogens is 9. The minimum Gasteiger partial charge on any atom is -0.372 e. The van der Waals surface area contributed by atoms with Crippen LogP contribution in [0, 0.1) is 0 Å². The Bertz CT molecular complexity index is 634. The van der Waals surface area contributed by atoms with E-state index in [2.05, 4.69) is 0 Å². The maximum Gasteiger partial charge on any atom is 0.460 e. The summed E-state index contributed by atoms with van der Waals surface area (Å²) < 4.78 is 116. The van der Waals surface area contributed by atoms with E-state index in [4.69, 9.17) is 0 Å². The Morgan fingerprint density at radius 1 is 0.808 bits per heavy atom. The highest BCUT2D eigenvalue weighted by Crippen LogP contribution is 2.53. The molecule has 1 aromatic rings. The summed E-state index contributed by atoms with van der Waals surface area (Å²) in [5.74, 6) is -23.2. The highest BCUT2D eigenvalue weighted by molar-refractivity contribution is 6.02. The Labute approximate surface area is 142 Å². The molecule has 26 heavy (non-hydrogen) atoms. The number of anilines is 1. The first-order valence-electron chi connectivity index (χ1n) is 7.25. The largest absolute Gasteiger partial charge is 0.460 e. The lowest BCUT2D eigenvalue weighted by Gasteiger charge is -2.32. The van der Waals surface area contributed by atoms with Crippen molar-refractivity contribution in [3.8, 4) is 0 Å². The Morgan fingerprint density at radius 2 is 1.23 bits per heavy atom. The first-order valence-corrected chi connectivity index (χ1v) is 7.25. The number of benzene rings is 1. The molecule has 0 aliphatic heterocycles. The van der Waals surface area contributed by atoms with Crippen molar-refractivity contribution in [1.29, 1.82) is 0 Å². The molecule has 0 heterocycles. The Balaban J connectivity index is 3.26. The van der Waals surface area contributed by atoms with Crippen molar-refractivity contribution in [1.82, 2.24) is 0 Å². The first kappa shape index (κ1) is 22.1. The van der Waals surface area contributed by atoms with E-state index in [0.717, 1.165) is 12.1 Å². The summed E-state index contributed by atoms with van der Waals surface area (Å²) >= 11 is 0. The average Bonchev–Trinajstić information content (AvgIpc) is 2.54. The number of Topliss-reactive ketones (excluding diaryl/α,β-unsaturated/α-hetero) is 1. The lowest BCUT2D eigenvalue weighted by Crippen LogP contribution is -2.63. The van der Waals surface area contributed by atoms with Gasteiger partial charge in [0.15, 0.2) is 0 Å². The van der Waals surface area contributed by atoms with Crippen molar-refractivity contribution < 1.29 is 44.3 Å². The zero-order valence-electron chi connectivity index (χ0n) is 13.5. The van der Waals surface area contributed by atoms with Gasteiger partial charge in [-0.1, -0.05) is 0 Å². The summed E-state index contributed by atoms with van der Waals surface area (Å²) in [6.45, 7) is 4.46. The molecule has 2 nitrogen and oxygen atoms in total. The Hall–Kier alpha value is -1.94. The van der Waals surface area contributed by atoms with Crippen LogP contribution in [0.15, 0.2) is 24.3 Å². The third kappa shape index (κ3) is 3.48. The molecule has 0 aliphatic rings. The predicted octanol–water partition coefficient (Wildman–Crippen LogP) is 5.18. The van der Waals surface area contributed by atoms with Crippen molar-refractivity contribution in [2.45, 2.75) is 37.8 Å². The fourth-order valence-electron chi connectivity index (χ4n) is 2.11. The number of rotatable bonds is 7. The minimum absolute atomic E-state index is 0.419. The van der Waals surface area contributed by atoms with Gasteiger partial charge in [-0.15, -0.1) is 0 Å². The van der Waals surface area contributed by atoms with Crippen LogP contribution in [0.3, 0.4) is 0 Å². The van der Waals surface area contributed by atoms with Gasteiger partial charge in [-0.3, -0.25) is 4.79 Å². The fourth-order valence-corrected chi connectivity index (χ4v) is 2.11. The van der Waals surface area contributed by atoms with Gasteiger partial charge in [0.1, 0.15) is 0 Å². The lowest BCUT2D eigenvalue weighted by molar-refractivity contribution is -0.386. The van der Waals surface area contributed by atoms with Gasteiger partial charge in [0.05, 0.1) is 0 Å². The van der Waals surface area contributed by atoms with Crippen LogP contribution in [0.4, 0.5) is 45.2 Å². The second-order valence-electron chi connectivity index (χ2n) is 5.27. The summed E-state index contributed by atoms with van der Waals surface area (Å²) in [5, 5.41) is 0. The number of carbonyl (C=O) groups excluding carboxylic acids is 1. The smallest absolute Gasteiger partial charge is 0.372 e. The van der Waals surface area contributed by atoms with Gasteiger partial charge < -0.3 is 4.90 Å². The van der Waals surface area contributed by atoms with Gasteiger partial charge in [0, 0.05) is 24.3 Å². The molecular formula is C15H14F9NO. The van der Waals surface area contributed by atoms with Crippen molar-refractivity contribution in [3.63, 3.8) is 0 Å². The van der Waals surface area contributed by atoms with E-state index in [0.29, 0.717) is 30.9 Å². The monoisotopic (exact) mass is 395 g/mol. The Morgan fingerprint density at radius 3 is 1.58 bits per heavy atom. The number of hydrogen-bond acceptors (Lipinski definition) is 2. The van der Waals surface area contributed by atoms with Crippen LogP contribution >= 0.6 is 0 Å². The number of ketones is 1. The van der Waals surface area contributed by atoms with E-state index in [1.165, 1.54) is 0 Å². The average molecular weight is 395 g/mol. The zero-order chi connectivity index (χ0) is 20.6. The van der Waals surface area contributed by atoms with Crippen molar-refractivity contribution in [2.75, 3.05) is 18.0 Å². The van der Waals surface area contributed by atoms with Crippen LogP contribution in [0.25, 0.3) is 0 Å². The molecule has 1 rings (SSSR count). The molecule has 0 unspecified atom stereocenters. The van der Waals surface area contributed by atoms with Crippen LogP contribution in [0.2, 0.25) is 0 Å². The molecule has 0 amide bonds. The third-order valence-corrected chi connectivity index (χ3v) is 3.69. The molecule has 0 fully saturated rings. The topological polar surface area (TPSA) is 20.3 Å². The molecule has 0 radical (unpaired) electrons. The van der Waals surface area contributed by atoms with Gasteiger partial charge in [0.25, 0.3) is 0 Å². The molecule has 0 saturated carbocycles. The highest BCUT2D eigenvalue weighted by Gasteiger charge is 2.83. The van der Waals surface area contributed by atoms with Crippen LogP contribution in [0.1, 0.15) is 24.2 Å². The SMILES string of the molecule is CCN(CC)c1ccc(C(=O)C(F)(F)C(F)(F)C(F)(F)C(F)(F)F)cc1. The second-order valence-corrected chi connectivity index (χ2v) is 5.27. The summed E-state index contributed by atoms with van der Waals surface area (Å²) in [6, 6.07) is 3.50. The summed E-state index contributed by atoms with van der Waals surface area (Å²) in [4.78, 5) is 13.3. The van der Waals surface area contributed by atoms with Crippen molar-refractivity contribution in [2.24, 2.45) is 0 Å². The molecular weight excluding hydrogens is 381 g/mol. The second kappa shape index (κ2) is 6.99. The van der Waals surface area contributed by atoms with Crippen LogP contribution in [0.5, 0.6) is 0 Å². The van der Waals surface area contributed by atoms with Crippen LogP contribution < -0.4 is 4.90 Å². The molecule has 0 aromatic heterocycles. The van der Waals surface area contributed by atoms with E-state index in [1.807, 2.05) is 0 Å². The molecule has 11 heteroatoms. The molecule has 0 atom stereocenters. The third-order valence-electron chi connectivity index (χ3n) is 3.69. The maximum absolute atomic E-state index is 13.6. The number of alkyl halides is 9. The molecule has 0 bridgehead atoms. The van der Waals surface area contributed by atoms with E-state index >= 15 is 0 Å².